The molecule has 0 saturated heterocycles. The molecule has 0 atom stereocenters. The Kier molecular flexibility index (Phi) is 12.8. The molecule has 0 nitrogen and oxygen atoms in total. The lowest BCUT2D eigenvalue weighted by Crippen LogP contribution is -2.02. The van der Waals surface area contributed by atoms with Crippen LogP contribution in [0.2, 0.25) is 0 Å². The zero-order valence-corrected chi connectivity index (χ0v) is 16.7. The fourth-order valence-corrected chi connectivity index (χ4v) is 4.08. The van der Waals surface area contributed by atoms with Crippen molar-refractivity contribution >= 4 is 10.9 Å². The standard InChI is InChI=1S/C17H21S.2C2H6.CH4/c1-12-6-13(2)9-16(8-12)18(5)17-10-14(3)7-15(4)11-17;2*1-2;/h6-11H,1-5H3;2*1-2H3;1H4/q+1;;;. The molecule has 0 heterocycles. The topological polar surface area (TPSA) is 0 Å². The molecule has 0 aliphatic rings. The van der Waals surface area contributed by atoms with E-state index in [2.05, 4.69) is 70.3 Å². The van der Waals surface area contributed by atoms with Crippen molar-refractivity contribution in [3.05, 3.63) is 58.7 Å². The molecule has 0 fully saturated rings. The molecule has 1 heteroatoms. The molecule has 0 bridgehead atoms. The smallest absolute Gasteiger partial charge is 0.0776 e. The van der Waals surface area contributed by atoms with Crippen molar-refractivity contribution in [1.29, 1.82) is 0 Å². The molecular weight excluding hydrogens is 296 g/mol. The largest absolute Gasteiger partial charge is 0.160 e. The van der Waals surface area contributed by atoms with Crippen LogP contribution in [0.4, 0.5) is 0 Å². The second-order valence-electron chi connectivity index (χ2n) is 5.16. The first-order valence-electron chi connectivity index (χ1n) is 8.28. The van der Waals surface area contributed by atoms with E-state index < -0.39 is 0 Å². The van der Waals surface area contributed by atoms with E-state index in [1.165, 1.54) is 32.0 Å². The van der Waals surface area contributed by atoms with E-state index in [-0.39, 0.29) is 18.3 Å². The normalized spacial score (nSPS) is 9.13. The number of rotatable bonds is 2. The van der Waals surface area contributed by atoms with Gasteiger partial charge in [0, 0.05) is 0 Å². The van der Waals surface area contributed by atoms with Gasteiger partial charge in [-0.15, -0.1) is 0 Å². The summed E-state index contributed by atoms with van der Waals surface area (Å²) in [6, 6.07) is 13.7. The molecule has 0 amide bonds. The van der Waals surface area contributed by atoms with Crippen molar-refractivity contribution in [3.63, 3.8) is 0 Å². The molecule has 0 N–H and O–H groups in total. The van der Waals surface area contributed by atoms with Crippen LogP contribution in [0.15, 0.2) is 46.2 Å². The highest BCUT2D eigenvalue weighted by molar-refractivity contribution is 7.96. The Morgan fingerprint density at radius 2 is 0.739 bits per heavy atom. The van der Waals surface area contributed by atoms with Crippen LogP contribution in [-0.2, 0) is 10.9 Å². The highest BCUT2D eigenvalue weighted by Crippen LogP contribution is 2.25. The van der Waals surface area contributed by atoms with E-state index in [9.17, 15) is 0 Å². The molecule has 23 heavy (non-hydrogen) atoms. The average Bonchev–Trinajstić information content (AvgIpc) is 2.48. The van der Waals surface area contributed by atoms with Gasteiger partial charge in [0.1, 0.15) is 6.26 Å². The van der Waals surface area contributed by atoms with E-state index in [0.29, 0.717) is 0 Å². The summed E-state index contributed by atoms with van der Waals surface area (Å²) in [5.74, 6) is 0. The molecule has 0 spiro atoms. The van der Waals surface area contributed by atoms with Crippen LogP contribution in [-0.4, -0.2) is 6.26 Å². The van der Waals surface area contributed by atoms with Crippen molar-refractivity contribution in [1.82, 2.24) is 0 Å². The highest BCUT2D eigenvalue weighted by atomic mass is 32.2. The fraction of sp³-hybridized carbons (Fsp3) is 0.455. The molecule has 0 aliphatic carbocycles. The van der Waals surface area contributed by atoms with Gasteiger partial charge in [0.15, 0.2) is 9.79 Å². The van der Waals surface area contributed by atoms with Gasteiger partial charge in [-0.2, -0.15) is 0 Å². The summed E-state index contributed by atoms with van der Waals surface area (Å²) in [7, 11) is 0.162. The van der Waals surface area contributed by atoms with Gasteiger partial charge in [-0.3, -0.25) is 0 Å². The predicted molar refractivity (Wildman–Crippen MR) is 111 cm³/mol. The second-order valence-corrected chi connectivity index (χ2v) is 7.12. The molecule has 2 aromatic rings. The SMILES string of the molecule is C.CC.CC.Cc1cc(C)cc([S+](C)c2cc(C)cc(C)c2)c1. The Morgan fingerprint density at radius 3 is 0.957 bits per heavy atom. The first-order chi connectivity index (χ1) is 10.5. The third kappa shape index (κ3) is 7.74. The maximum atomic E-state index is 2.32. The van der Waals surface area contributed by atoms with E-state index in [1.54, 1.807) is 0 Å². The zero-order chi connectivity index (χ0) is 17.3. The minimum absolute atomic E-state index is 0. The maximum Gasteiger partial charge on any atom is 0.160 e. The lowest BCUT2D eigenvalue weighted by Gasteiger charge is -2.07. The Morgan fingerprint density at radius 1 is 0.522 bits per heavy atom. The average molecular weight is 334 g/mol. The summed E-state index contributed by atoms with van der Waals surface area (Å²) in [5.41, 5.74) is 5.42. The van der Waals surface area contributed by atoms with E-state index in [4.69, 9.17) is 0 Å². The van der Waals surface area contributed by atoms with Gasteiger partial charge >= 0.3 is 0 Å². The van der Waals surface area contributed by atoms with E-state index >= 15 is 0 Å². The van der Waals surface area contributed by atoms with Crippen LogP contribution in [0, 0.1) is 27.7 Å². The zero-order valence-electron chi connectivity index (χ0n) is 15.9. The predicted octanol–water partition coefficient (Wildman–Crippen LogP) is 7.27. The molecule has 0 unspecified atom stereocenters. The van der Waals surface area contributed by atoms with Gasteiger partial charge in [-0.25, -0.2) is 0 Å². The summed E-state index contributed by atoms with van der Waals surface area (Å²) in [6.45, 7) is 16.7. The summed E-state index contributed by atoms with van der Waals surface area (Å²) < 4.78 is 0. The summed E-state index contributed by atoms with van der Waals surface area (Å²) in [4.78, 5) is 2.88. The number of hydrogen-bond donors (Lipinski definition) is 0. The van der Waals surface area contributed by atoms with E-state index in [0.717, 1.165) is 0 Å². The van der Waals surface area contributed by atoms with E-state index in [1.807, 2.05) is 27.7 Å². The Hall–Kier alpha value is -1.21. The van der Waals surface area contributed by atoms with Crippen LogP contribution >= 0.6 is 0 Å². The lowest BCUT2D eigenvalue weighted by atomic mass is 10.2. The van der Waals surface area contributed by atoms with Gasteiger partial charge in [-0.1, -0.05) is 47.3 Å². The van der Waals surface area contributed by atoms with Crippen molar-refractivity contribution < 1.29 is 0 Å². The van der Waals surface area contributed by atoms with Gasteiger partial charge < -0.3 is 0 Å². The van der Waals surface area contributed by atoms with Crippen LogP contribution in [0.1, 0.15) is 57.4 Å². The molecule has 2 rings (SSSR count). The fourth-order valence-electron chi connectivity index (χ4n) is 2.36. The molecule has 0 aliphatic heterocycles. The maximum absolute atomic E-state index is 2.32. The quantitative estimate of drug-likeness (QED) is 0.507. The van der Waals surface area contributed by atoms with Crippen LogP contribution in [0.3, 0.4) is 0 Å². The monoisotopic (exact) mass is 333 g/mol. The number of aryl methyl sites for hydroxylation is 4. The minimum atomic E-state index is 0. The van der Waals surface area contributed by atoms with Crippen molar-refractivity contribution in [3.8, 4) is 0 Å². The Labute approximate surface area is 148 Å². The van der Waals surface area contributed by atoms with Crippen molar-refractivity contribution in [2.45, 2.75) is 72.6 Å². The van der Waals surface area contributed by atoms with Crippen LogP contribution in [0.25, 0.3) is 0 Å². The second kappa shape index (κ2) is 12.2. The first kappa shape index (κ1) is 24.0. The minimum Gasteiger partial charge on any atom is -0.0776 e. The summed E-state index contributed by atoms with van der Waals surface area (Å²) >= 11 is 0. The van der Waals surface area contributed by atoms with Crippen LogP contribution < -0.4 is 0 Å². The molecule has 130 valence electrons. The van der Waals surface area contributed by atoms with Gasteiger partial charge in [0.2, 0.25) is 0 Å². The summed E-state index contributed by atoms with van der Waals surface area (Å²) in [6.07, 6.45) is 2.32. The molecule has 0 radical (unpaired) electrons. The number of benzene rings is 2. The van der Waals surface area contributed by atoms with Gasteiger partial charge in [0.25, 0.3) is 0 Å². The van der Waals surface area contributed by atoms with Crippen molar-refractivity contribution in [2.75, 3.05) is 6.26 Å². The lowest BCUT2D eigenvalue weighted by molar-refractivity contribution is 1.25. The third-order valence-electron chi connectivity index (χ3n) is 3.10. The van der Waals surface area contributed by atoms with Crippen molar-refractivity contribution in [2.24, 2.45) is 0 Å². The molecule has 0 aromatic heterocycles. The number of hydrogen-bond acceptors (Lipinski definition) is 0. The molecule has 2 aromatic carbocycles. The third-order valence-corrected chi connectivity index (χ3v) is 4.98. The summed E-state index contributed by atoms with van der Waals surface area (Å²) in [5, 5.41) is 0. The van der Waals surface area contributed by atoms with Crippen LogP contribution in [0.5, 0.6) is 0 Å². The highest BCUT2D eigenvalue weighted by Gasteiger charge is 2.20. The first-order valence-corrected chi connectivity index (χ1v) is 9.91. The molecular formula is C22H37S+. The van der Waals surface area contributed by atoms with Gasteiger partial charge in [-0.05, 0) is 74.2 Å². The Bertz CT molecular complexity index is 478. The van der Waals surface area contributed by atoms with Gasteiger partial charge in [0.05, 0.1) is 10.9 Å². The molecule has 0 saturated carbocycles. The Balaban J connectivity index is 0.